The number of carbonyl (C=O) groups is 1. The van der Waals surface area contributed by atoms with Crippen LogP contribution in [0.2, 0.25) is 5.02 Å². The molecule has 2 aromatic carbocycles. The van der Waals surface area contributed by atoms with Crippen molar-refractivity contribution in [2.45, 2.75) is 62.4 Å². The number of aryl methyl sites for hydroxylation is 1. The van der Waals surface area contributed by atoms with E-state index in [1.165, 1.54) is 12.1 Å². The van der Waals surface area contributed by atoms with Crippen molar-refractivity contribution in [2.75, 3.05) is 43.4 Å². The minimum Gasteiger partial charge on any atom is -0.375 e. The van der Waals surface area contributed by atoms with Gasteiger partial charge < -0.3 is 19.4 Å². The number of amides is 1. The maximum Gasteiger partial charge on any atom is 0.246 e. The van der Waals surface area contributed by atoms with Gasteiger partial charge in [0.1, 0.15) is 23.3 Å². The number of ether oxygens (including phenoxy) is 1. The Kier molecular flexibility index (Phi) is 7.55. The summed E-state index contributed by atoms with van der Waals surface area (Å²) in [5, 5.41) is -0.117. The summed E-state index contributed by atoms with van der Waals surface area (Å²) in [6, 6.07) is 4.72. The van der Waals surface area contributed by atoms with E-state index in [1.807, 2.05) is 25.7 Å². The predicted molar refractivity (Wildman–Crippen MR) is 171 cm³/mol. The molecule has 3 fully saturated rings. The van der Waals surface area contributed by atoms with Crippen LogP contribution in [0.3, 0.4) is 0 Å². The third kappa shape index (κ3) is 4.76. The molecule has 1 amide bonds. The second-order valence-corrected chi connectivity index (χ2v) is 14.0. The maximum atomic E-state index is 15.4. The van der Waals surface area contributed by atoms with Crippen molar-refractivity contribution in [1.29, 1.82) is 0 Å². The van der Waals surface area contributed by atoms with Crippen LogP contribution in [-0.4, -0.2) is 95.3 Å². The first-order valence-electron chi connectivity index (χ1n) is 15.1. The van der Waals surface area contributed by atoms with Gasteiger partial charge in [0.15, 0.2) is 0 Å². The molecule has 0 radical (unpaired) electrons. The Morgan fingerprint density at radius 2 is 1.91 bits per heavy atom. The van der Waals surface area contributed by atoms with Crippen LogP contribution in [-0.2, 0) is 9.53 Å². The summed E-state index contributed by atoms with van der Waals surface area (Å²) in [7, 11) is 0. The lowest BCUT2D eigenvalue weighted by molar-refractivity contribution is -0.132. The Labute approximate surface area is 266 Å². The number of amidine groups is 1. The summed E-state index contributed by atoms with van der Waals surface area (Å²) >= 11 is 7.89. The van der Waals surface area contributed by atoms with Gasteiger partial charge in [-0.25, -0.2) is 13.8 Å². The molecule has 3 saturated heterocycles. The van der Waals surface area contributed by atoms with Gasteiger partial charge in [0.25, 0.3) is 0 Å². The first-order valence-corrected chi connectivity index (χ1v) is 16.5. The van der Waals surface area contributed by atoms with Crippen molar-refractivity contribution in [2.24, 2.45) is 4.99 Å². The quantitative estimate of drug-likeness (QED) is 0.317. The second-order valence-electron chi connectivity index (χ2n) is 12.6. The average molecular weight is 640 g/mol. The summed E-state index contributed by atoms with van der Waals surface area (Å²) in [6.45, 7) is 17.9. The molecule has 0 saturated carbocycles. The first kappa shape index (κ1) is 29.8. The van der Waals surface area contributed by atoms with E-state index in [-0.39, 0.29) is 34.6 Å². The number of benzene rings is 2. The number of thioether (sulfide) groups is 1. The molecule has 11 heteroatoms. The molecule has 5 aliphatic heterocycles. The number of fused-ring (bicyclic) bond motifs is 2. The fraction of sp³-hybridized carbons (Fsp3) is 0.455. The van der Waals surface area contributed by atoms with E-state index in [1.54, 1.807) is 11.8 Å². The minimum atomic E-state index is -0.782. The Morgan fingerprint density at radius 1 is 1.16 bits per heavy atom. The van der Waals surface area contributed by atoms with Crippen LogP contribution in [0.15, 0.2) is 53.1 Å². The van der Waals surface area contributed by atoms with Gasteiger partial charge in [-0.2, -0.15) is 0 Å². The summed E-state index contributed by atoms with van der Waals surface area (Å²) < 4.78 is 35.5. The monoisotopic (exact) mass is 639 g/mol. The van der Waals surface area contributed by atoms with Crippen LogP contribution in [0.4, 0.5) is 14.5 Å². The number of nitrogens with zero attached hydrogens (tertiary/aromatic N) is 5. The van der Waals surface area contributed by atoms with Crippen molar-refractivity contribution in [3.05, 3.63) is 71.0 Å². The van der Waals surface area contributed by atoms with E-state index in [0.717, 1.165) is 65.5 Å². The lowest BCUT2D eigenvalue weighted by Crippen LogP contribution is -2.60. The lowest BCUT2D eigenvalue weighted by Gasteiger charge is -2.49. The number of anilines is 1. The molecule has 0 N–H and O–H groups in total. The maximum absolute atomic E-state index is 15.4. The van der Waals surface area contributed by atoms with Gasteiger partial charge in [0, 0.05) is 77.7 Å². The molecular weight excluding hydrogens is 604 g/mol. The van der Waals surface area contributed by atoms with E-state index in [9.17, 15) is 9.18 Å². The highest BCUT2D eigenvalue weighted by atomic mass is 35.5. The number of hydrogen-bond acceptors (Lipinski definition) is 7. The number of likely N-dealkylation sites (tertiary alicyclic amines) is 1. The number of rotatable bonds is 4. The van der Waals surface area contributed by atoms with Crippen molar-refractivity contribution in [1.82, 2.24) is 14.7 Å². The Morgan fingerprint density at radius 3 is 2.57 bits per heavy atom. The third-order valence-corrected chi connectivity index (χ3v) is 11.1. The molecule has 7 nitrogen and oxygen atoms in total. The highest BCUT2D eigenvalue weighted by Crippen LogP contribution is 2.51. The molecule has 5 atom stereocenters. The predicted octanol–water partition coefficient (Wildman–Crippen LogP) is 5.69. The molecule has 232 valence electrons. The Hall–Kier alpha value is -2.92. The Balaban J connectivity index is 1.34. The highest BCUT2D eigenvalue weighted by Gasteiger charge is 2.44. The van der Waals surface area contributed by atoms with Crippen molar-refractivity contribution >= 4 is 40.8 Å². The molecule has 0 unspecified atom stereocenters. The number of halogens is 3. The Bertz CT molecular complexity index is 1610. The van der Waals surface area contributed by atoms with Crippen LogP contribution in [0.1, 0.15) is 31.4 Å². The van der Waals surface area contributed by atoms with E-state index < -0.39 is 11.6 Å². The number of aliphatic imine (C=N–C) groups is 1. The van der Waals surface area contributed by atoms with E-state index in [0.29, 0.717) is 36.6 Å². The molecule has 44 heavy (non-hydrogen) atoms. The third-order valence-electron chi connectivity index (χ3n) is 9.62. The van der Waals surface area contributed by atoms with Gasteiger partial charge in [0.05, 0.1) is 29.5 Å². The first-order chi connectivity index (χ1) is 21.0. The van der Waals surface area contributed by atoms with Gasteiger partial charge in [-0.05, 0) is 51.0 Å². The van der Waals surface area contributed by atoms with Gasteiger partial charge in [-0.3, -0.25) is 9.69 Å². The standard InChI is InChI=1S/C33H36ClF2N5O2S/c1-6-29(42)40-18(3)11-39(12-19(40)4)33-25-7-17(2)30(24-9-26(34)28(36)10-27(24)35)32-31(25)41(20(5)37-33)22(16-44-32)13-38-14-23-8-21(38)15-43-23/h6-7,9-10,18-19,21-23H,1,5,8,11-16H2,2-4H3/t18-,19+,21-,22-,23-/m0/s1. The van der Waals surface area contributed by atoms with E-state index >= 15 is 4.39 Å². The zero-order valence-corrected chi connectivity index (χ0v) is 26.7. The summed E-state index contributed by atoms with van der Waals surface area (Å²) in [6.07, 6.45) is 2.73. The minimum absolute atomic E-state index is 0.0557. The van der Waals surface area contributed by atoms with Gasteiger partial charge >= 0.3 is 0 Å². The van der Waals surface area contributed by atoms with Gasteiger partial charge in [-0.15, -0.1) is 11.8 Å². The smallest absolute Gasteiger partial charge is 0.246 e. The van der Waals surface area contributed by atoms with Crippen molar-refractivity contribution in [3.8, 4) is 11.1 Å². The zero-order chi connectivity index (χ0) is 31.0. The summed E-state index contributed by atoms with van der Waals surface area (Å²) in [4.78, 5) is 27.5. The van der Waals surface area contributed by atoms with E-state index in [2.05, 4.69) is 33.9 Å². The van der Waals surface area contributed by atoms with Gasteiger partial charge in [0.2, 0.25) is 5.91 Å². The number of morpholine rings is 1. The average Bonchev–Trinajstić information content (AvgIpc) is 3.60. The fourth-order valence-electron chi connectivity index (χ4n) is 7.77. The largest absolute Gasteiger partial charge is 0.375 e. The number of hydrogen-bond donors (Lipinski definition) is 0. The molecule has 0 spiro atoms. The normalized spacial score (nSPS) is 28.0. The fourth-order valence-corrected chi connectivity index (χ4v) is 9.31. The van der Waals surface area contributed by atoms with Gasteiger partial charge in [-0.1, -0.05) is 24.8 Å². The lowest BCUT2D eigenvalue weighted by atomic mass is 9.93. The van der Waals surface area contributed by atoms with Crippen molar-refractivity contribution < 1.29 is 18.3 Å². The summed E-state index contributed by atoms with van der Waals surface area (Å²) in [5.41, 5.74) is 3.74. The molecule has 2 bridgehead atoms. The van der Waals surface area contributed by atoms with E-state index in [4.69, 9.17) is 21.3 Å². The number of piperazine rings is 1. The zero-order valence-electron chi connectivity index (χ0n) is 25.2. The molecule has 7 rings (SSSR count). The highest BCUT2D eigenvalue weighted by molar-refractivity contribution is 7.99. The van der Waals surface area contributed by atoms with Crippen LogP contribution in [0, 0.1) is 18.6 Å². The molecule has 5 heterocycles. The van der Waals surface area contributed by atoms with Crippen LogP contribution in [0.5, 0.6) is 0 Å². The van der Waals surface area contributed by atoms with Crippen LogP contribution < -0.4 is 4.90 Å². The number of carbonyl (C=O) groups excluding carboxylic acids is 1. The summed E-state index contributed by atoms with van der Waals surface area (Å²) in [5.74, 6) is 0.682. The molecule has 2 aromatic rings. The topological polar surface area (TPSA) is 51.6 Å². The molecular formula is C33H36ClF2N5O2S. The molecule has 0 aromatic heterocycles. The SMILES string of the molecule is C=CC(=O)N1[C@H](C)CN(C2=NC(=C)N3c4c2cc(C)c(-c2cc(Cl)c(F)cc2F)c4SC[C@@H]3CN2C[C@@H]3C[C@H]2CO3)C[C@@H]1C. The van der Waals surface area contributed by atoms with Crippen molar-refractivity contribution in [3.63, 3.8) is 0 Å². The van der Waals surface area contributed by atoms with Crippen LogP contribution in [0.25, 0.3) is 11.1 Å². The molecule has 0 aliphatic carbocycles. The van der Waals surface area contributed by atoms with Crippen LogP contribution >= 0.6 is 23.4 Å². The second kappa shape index (κ2) is 11.2. The molecule has 5 aliphatic rings.